The Morgan fingerprint density at radius 2 is 2.14 bits per heavy atom. The molecule has 0 bridgehead atoms. The minimum Gasteiger partial charge on any atom is -0.494 e. The van der Waals surface area contributed by atoms with E-state index in [-0.39, 0.29) is 17.6 Å². The number of hydrogen-bond acceptors (Lipinski definition) is 3. The SMILES string of the molecule is COc1ccc(CC(N)C2CSc3ccccc32)cc1F. The van der Waals surface area contributed by atoms with Gasteiger partial charge >= 0.3 is 0 Å². The predicted octanol–water partition coefficient (Wildman–Crippen LogP) is 3.59. The van der Waals surface area contributed by atoms with E-state index in [1.54, 1.807) is 6.07 Å². The van der Waals surface area contributed by atoms with Crippen LogP contribution in [0.2, 0.25) is 0 Å². The number of nitrogens with two attached hydrogens (primary N) is 1. The maximum Gasteiger partial charge on any atom is 0.165 e. The summed E-state index contributed by atoms with van der Waals surface area (Å²) in [6.45, 7) is 0. The zero-order valence-corrected chi connectivity index (χ0v) is 12.7. The van der Waals surface area contributed by atoms with Crippen LogP contribution >= 0.6 is 11.8 Å². The maximum atomic E-state index is 13.7. The van der Waals surface area contributed by atoms with Gasteiger partial charge < -0.3 is 10.5 Å². The van der Waals surface area contributed by atoms with Gasteiger partial charge in [-0.05, 0) is 35.7 Å². The van der Waals surface area contributed by atoms with Crippen LogP contribution in [0.3, 0.4) is 0 Å². The van der Waals surface area contributed by atoms with Crippen molar-refractivity contribution in [3.05, 3.63) is 59.4 Å². The molecule has 1 aliphatic rings. The number of methoxy groups -OCH3 is 1. The first kappa shape index (κ1) is 14.4. The number of hydrogen-bond donors (Lipinski definition) is 1. The van der Waals surface area contributed by atoms with Gasteiger partial charge in [0.2, 0.25) is 0 Å². The van der Waals surface area contributed by atoms with Crippen LogP contribution in [0.5, 0.6) is 5.75 Å². The molecule has 2 aromatic carbocycles. The summed E-state index contributed by atoms with van der Waals surface area (Å²) >= 11 is 1.85. The van der Waals surface area contributed by atoms with Crippen LogP contribution in [-0.4, -0.2) is 18.9 Å². The molecule has 2 N–H and O–H groups in total. The summed E-state index contributed by atoms with van der Waals surface area (Å²) in [7, 11) is 1.47. The Bertz CT molecular complexity index is 646. The van der Waals surface area contributed by atoms with Crippen LogP contribution in [0.15, 0.2) is 47.4 Å². The van der Waals surface area contributed by atoms with E-state index in [4.69, 9.17) is 10.5 Å². The van der Waals surface area contributed by atoms with Gasteiger partial charge in [0.1, 0.15) is 0 Å². The van der Waals surface area contributed by atoms with Gasteiger partial charge in [-0.15, -0.1) is 11.8 Å². The van der Waals surface area contributed by atoms with E-state index in [1.165, 1.54) is 23.6 Å². The molecule has 110 valence electrons. The minimum absolute atomic E-state index is 0.00561. The molecular formula is C17H18FNOS. The molecule has 0 aromatic heterocycles. The summed E-state index contributed by atoms with van der Waals surface area (Å²) in [6, 6.07) is 13.5. The third kappa shape index (κ3) is 2.92. The number of thioether (sulfide) groups is 1. The van der Waals surface area contributed by atoms with Crippen LogP contribution < -0.4 is 10.5 Å². The first-order valence-corrected chi connectivity index (χ1v) is 7.97. The summed E-state index contributed by atoms with van der Waals surface area (Å²) < 4.78 is 18.7. The molecule has 0 radical (unpaired) electrons. The fourth-order valence-electron chi connectivity index (χ4n) is 2.79. The molecule has 2 aromatic rings. The molecule has 1 heterocycles. The van der Waals surface area contributed by atoms with Crippen molar-refractivity contribution in [2.24, 2.45) is 5.73 Å². The van der Waals surface area contributed by atoms with Crippen molar-refractivity contribution in [2.45, 2.75) is 23.3 Å². The van der Waals surface area contributed by atoms with Crippen LogP contribution in [-0.2, 0) is 6.42 Å². The van der Waals surface area contributed by atoms with Crippen molar-refractivity contribution in [1.82, 2.24) is 0 Å². The highest BCUT2D eigenvalue weighted by Crippen LogP contribution is 2.41. The fraction of sp³-hybridized carbons (Fsp3) is 0.294. The number of ether oxygens (including phenoxy) is 1. The zero-order valence-electron chi connectivity index (χ0n) is 11.9. The van der Waals surface area contributed by atoms with Gasteiger partial charge in [0, 0.05) is 22.6 Å². The standard InChI is InChI=1S/C17H18FNOS/c1-20-16-7-6-11(8-14(16)18)9-15(19)13-10-21-17-5-3-2-4-12(13)17/h2-8,13,15H,9-10,19H2,1H3. The first-order chi connectivity index (χ1) is 10.2. The predicted molar refractivity (Wildman–Crippen MR) is 84.5 cm³/mol. The zero-order chi connectivity index (χ0) is 14.8. The molecule has 0 spiro atoms. The molecule has 3 rings (SSSR count). The van der Waals surface area contributed by atoms with Crippen LogP contribution in [0, 0.1) is 5.82 Å². The number of rotatable bonds is 4. The topological polar surface area (TPSA) is 35.2 Å². The number of fused-ring (bicyclic) bond motifs is 1. The summed E-state index contributed by atoms with van der Waals surface area (Å²) in [4.78, 5) is 1.32. The van der Waals surface area contributed by atoms with Gasteiger partial charge in [0.05, 0.1) is 7.11 Å². The Balaban J connectivity index is 1.75. The average molecular weight is 303 g/mol. The average Bonchev–Trinajstić information content (AvgIpc) is 2.91. The Hall–Kier alpha value is -1.52. The Kier molecular flexibility index (Phi) is 4.17. The first-order valence-electron chi connectivity index (χ1n) is 6.98. The lowest BCUT2D eigenvalue weighted by Gasteiger charge is -2.20. The highest BCUT2D eigenvalue weighted by molar-refractivity contribution is 7.99. The van der Waals surface area contributed by atoms with E-state index in [0.29, 0.717) is 12.3 Å². The summed E-state index contributed by atoms with van der Waals surface area (Å²) in [6.07, 6.45) is 0.667. The van der Waals surface area contributed by atoms with Gasteiger partial charge in [-0.2, -0.15) is 0 Å². The van der Waals surface area contributed by atoms with E-state index in [0.717, 1.165) is 11.3 Å². The largest absolute Gasteiger partial charge is 0.494 e. The lowest BCUT2D eigenvalue weighted by atomic mass is 9.90. The molecule has 2 unspecified atom stereocenters. The molecule has 0 saturated heterocycles. The van der Waals surface area contributed by atoms with Crippen molar-refractivity contribution < 1.29 is 9.13 Å². The maximum absolute atomic E-state index is 13.7. The van der Waals surface area contributed by atoms with Crippen LogP contribution in [0.25, 0.3) is 0 Å². The van der Waals surface area contributed by atoms with Gasteiger partial charge in [0.15, 0.2) is 11.6 Å². The van der Waals surface area contributed by atoms with Gasteiger partial charge in [-0.1, -0.05) is 24.3 Å². The Morgan fingerprint density at radius 1 is 1.33 bits per heavy atom. The molecule has 0 saturated carbocycles. The second-order valence-electron chi connectivity index (χ2n) is 5.29. The molecule has 0 amide bonds. The molecule has 21 heavy (non-hydrogen) atoms. The molecule has 0 fully saturated rings. The summed E-state index contributed by atoms with van der Waals surface area (Å²) in [5.74, 6) is 1.27. The molecule has 2 nitrogen and oxygen atoms in total. The van der Waals surface area contributed by atoms with E-state index in [2.05, 4.69) is 24.3 Å². The highest BCUT2D eigenvalue weighted by atomic mass is 32.2. The third-order valence-electron chi connectivity index (χ3n) is 3.94. The second-order valence-corrected chi connectivity index (χ2v) is 6.35. The summed E-state index contributed by atoms with van der Waals surface area (Å²) in [5.41, 5.74) is 8.61. The van der Waals surface area contributed by atoms with Crippen molar-refractivity contribution >= 4 is 11.8 Å². The van der Waals surface area contributed by atoms with Gasteiger partial charge in [-0.25, -0.2) is 4.39 Å². The van der Waals surface area contributed by atoms with E-state index >= 15 is 0 Å². The van der Waals surface area contributed by atoms with Crippen molar-refractivity contribution in [3.8, 4) is 5.75 Å². The second kappa shape index (κ2) is 6.08. The normalized spacial score (nSPS) is 18.3. The van der Waals surface area contributed by atoms with E-state index in [9.17, 15) is 4.39 Å². The molecule has 2 atom stereocenters. The lowest BCUT2D eigenvalue weighted by molar-refractivity contribution is 0.386. The highest BCUT2D eigenvalue weighted by Gasteiger charge is 2.28. The molecule has 4 heteroatoms. The monoisotopic (exact) mass is 303 g/mol. The third-order valence-corrected chi connectivity index (χ3v) is 5.15. The van der Waals surface area contributed by atoms with Crippen LogP contribution in [0.4, 0.5) is 4.39 Å². The van der Waals surface area contributed by atoms with Crippen molar-refractivity contribution in [1.29, 1.82) is 0 Å². The quantitative estimate of drug-likeness (QED) is 0.937. The number of benzene rings is 2. The van der Waals surface area contributed by atoms with Crippen molar-refractivity contribution in [2.75, 3.05) is 12.9 Å². The Labute approximate surface area is 128 Å². The van der Waals surface area contributed by atoms with Crippen LogP contribution in [0.1, 0.15) is 17.0 Å². The van der Waals surface area contributed by atoms with Gasteiger partial charge in [-0.3, -0.25) is 0 Å². The Morgan fingerprint density at radius 3 is 2.90 bits per heavy atom. The number of halogens is 1. The van der Waals surface area contributed by atoms with E-state index in [1.807, 2.05) is 17.8 Å². The molecular weight excluding hydrogens is 285 g/mol. The lowest BCUT2D eigenvalue weighted by Crippen LogP contribution is -2.30. The minimum atomic E-state index is -0.330. The smallest absolute Gasteiger partial charge is 0.165 e. The molecule has 0 aliphatic carbocycles. The fourth-order valence-corrected chi connectivity index (χ4v) is 4.14. The van der Waals surface area contributed by atoms with Gasteiger partial charge in [0.25, 0.3) is 0 Å². The van der Waals surface area contributed by atoms with E-state index < -0.39 is 0 Å². The van der Waals surface area contributed by atoms with Crippen molar-refractivity contribution in [3.63, 3.8) is 0 Å². The molecule has 1 aliphatic heterocycles. The summed E-state index contributed by atoms with van der Waals surface area (Å²) in [5, 5.41) is 0.